The van der Waals surface area contributed by atoms with Gasteiger partial charge in [-0.25, -0.2) is 8.42 Å². The molecule has 3 atom stereocenters. The summed E-state index contributed by atoms with van der Waals surface area (Å²) in [5.41, 5.74) is 0. The van der Waals surface area contributed by atoms with E-state index in [1.54, 1.807) is 11.8 Å². The number of carbonyl (C=O) groups excluding carboxylic acids is 1. The monoisotopic (exact) mass is 329 g/mol. The van der Waals surface area contributed by atoms with E-state index in [0.717, 1.165) is 32.1 Å². The summed E-state index contributed by atoms with van der Waals surface area (Å²) in [7, 11) is -3.33. The first-order valence-corrected chi connectivity index (χ1v) is 10.5. The molecule has 0 bridgehead atoms. The maximum Gasteiger partial charge on any atom is 0.240 e. The Morgan fingerprint density at radius 2 is 1.64 bits per heavy atom. The van der Waals surface area contributed by atoms with E-state index < -0.39 is 15.1 Å². The van der Waals surface area contributed by atoms with Gasteiger partial charge in [-0.1, -0.05) is 33.1 Å². The topological polar surface area (TPSA) is 54.5 Å². The molecule has 0 unspecified atom stereocenters. The van der Waals surface area contributed by atoms with Gasteiger partial charge in [0.05, 0.1) is 5.75 Å². The molecule has 1 saturated carbocycles. The highest BCUT2D eigenvalue weighted by Crippen LogP contribution is 2.27. The van der Waals surface area contributed by atoms with Crippen LogP contribution in [0.5, 0.6) is 0 Å². The number of sulfone groups is 1. The SMILES string of the molecule is C[C@@H]1C[C@H](C)CN(C(=O)[C@H](C)S(=O)(=O)CC2CCCCC2)C1. The fourth-order valence-electron chi connectivity index (χ4n) is 4.08. The van der Waals surface area contributed by atoms with E-state index in [2.05, 4.69) is 13.8 Å². The third-order valence-electron chi connectivity index (χ3n) is 5.26. The number of carbonyl (C=O) groups is 1. The number of likely N-dealkylation sites (tertiary alicyclic amines) is 1. The van der Waals surface area contributed by atoms with Gasteiger partial charge in [0.1, 0.15) is 5.25 Å². The molecule has 1 amide bonds. The highest BCUT2D eigenvalue weighted by atomic mass is 32.2. The van der Waals surface area contributed by atoms with Crippen molar-refractivity contribution in [3.05, 3.63) is 0 Å². The molecular formula is C17H31NO3S. The van der Waals surface area contributed by atoms with Crippen molar-refractivity contribution in [2.24, 2.45) is 17.8 Å². The maximum atomic E-state index is 12.6. The molecule has 1 aliphatic heterocycles. The zero-order chi connectivity index (χ0) is 16.3. The predicted molar refractivity (Wildman–Crippen MR) is 89.3 cm³/mol. The summed E-state index contributed by atoms with van der Waals surface area (Å²) in [5.74, 6) is 1.18. The molecule has 0 spiro atoms. The van der Waals surface area contributed by atoms with E-state index in [0.29, 0.717) is 24.9 Å². The standard InChI is InChI=1S/C17H31NO3S/c1-13-9-14(2)11-18(10-13)17(19)15(3)22(20,21)12-16-7-5-4-6-8-16/h13-16H,4-12H2,1-3H3/t13-,14+,15-/m0/s1. The molecule has 1 heterocycles. The van der Waals surface area contributed by atoms with Crippen LogP contribution < -0.4 is 0 Å². The summed E-state index contributed by atoms with van der Waals surface area (Å²) < 4.78 is 25.2. The van der Waals surface area contributed by atoms with Crippen molar-refractivity contribution >= 4 is 15.7 Å². The summed E-state index contributed by atoms with van der Waals surface area (Å²) in [6.07, 6.45) is 6.59. The highest BCUT2D eigenvalue weighted by molar-refractivity contribution is 7.92. The predicted octanol–water partition coefficient (Wildman–Crippen LogP) is 2.87. The molecule has 1 saturated heterocycles. The van der Waals surface area contributed by atoms with E-state index in [-0.39, 0.29) is 17.6 Å². The van der Waals surface area contributed by atoms with E-state index in [1.165, 1.54) is 6.42 Å². The van der Waals surface area contributed by atoms with Crippen LogP contribution in [0.4, 0.5) is 0 Å². The minimum absolute atomic E-state index is 0.186. The second kappa shape index (κ2) is 7.33. The average molecular weight is 330 g/mol. The minimum Gasteiger partial charge on any atom is -0.341 e. The lowest BCUT2D eigenvalue weighted by Crippen LogP contribution is -2.48. The normalized spacial score (nSPS) is 29.3. The molecule has 0 aromatic carbocycles. The molecule has 4 nitrogen and oxygen atoms in total. The fourth-order valence-corrected chi connectivity index (χ4v) is 5.82. The lowest BCUT2D eigenvalue weighted by molar-refractivity contribution is -0.133. The van der Waals surface area contributed by atoms with E-state index >= 15 is 0 Å². The van der Waals surface area contributed by atoms with Gasteiger partial charge in [0.15, 0.2) is 9.84 Å². The number of piperidine rings is 1. The Morgan fingerprint density at radius 1 is 1.09 bits per heavy atom. The van der Waals surface area contributed by atoms with Crippen molar-refractivity contribution in [2.75, 3.05) is 18.8 Å². The van der Waals surface area contributed by atoms with Crippen LogP contribution in [0, 0.1) is 17.8 Å². The van der Waals surface area contributed by atoms with Gasteiger partial charge in [-0.3, -0.25) is 4.79 Å². The number of amides is 1. The van der Waals surface area contributed by atoms with Gasteiger partial charge >= 0.3 is 0 Å². The molecule has 22 heavy (non-hydrogen) atoms. The summed E-state index contributed by atoms with van der Waals surface area (Å²) >= 11 is 0. The van der Waals surface area contributed by atoms with Crippen LogP contribution in [0.25, 0.3) is 0 Å². The van der Waals surface area contributed by atoms with Gasteiger partial charge in [0.25, 0.3) is 0 Å². The van der Waals surface area contributed by atoms with Gasteiger partial charge in [0, 0.05) is 13.1 Å². The molecule has 0 N–H and O–H groups in total. The largest absolute Gasteiger partial charge is 0.341 e. The van der Waals surface area contributed by atoms with Crippen LogP contribution in [-0.4, -0.2) is 43.3 Å². The highest BCUT2D eigenvalue weighted by Gasteiger charge is 2.36. The average Bonchev–Trinajstić information content (AvgIpc) is 2.45. The summed E-state index contributed by atoms with van der Waals surface area (Å²) in [4.78, 5) is 14.4. The Bertz CT molecular complexity index is 472. The Kier molecular flexibility index (Phi) is 5.92. The summed E-state index contributed by atoms with van der Waals surface area (Å²) in [6, 6.07) is 0. The third kappa shape index (κ3) is 4.46. The summed E-state index contributed by atoms with van der Waals surface area (Å²) in [5, 5.41) is -0.882. The Balaban J connectivity index is 1.98. The van der Waals surface area contributed by atoms with Crippen molar-refractivity contribution in [1.82, 2.24) is 4.90 Å². The van der Waals surface area contributed by atoms with Crippen LogP contribution in [0.3, 0.4) is 0 Å². The number of hydrogen-bond donors (Lipinski definition) is 0. The van der Waals surface area contributed by atoms with Gasteiger partial charge in [0.2, 0.25) is 5.91 Å². The maximum absolute atomic E-state index is 12.6. The van der Waals surface area contributed by atoms with E-state index in [9.17, 15) is 13.2 Å². The first kappa shape index (κ1) is 17.8. The van der Waals surface area contributed by atoms with Gasteiger partial charge < -0.3 is 4.90 Å². The molecule has 2 aliphatic rings. The molecule has 5 heteroatoms. The van der Waals surface area contributed by atoms with Crippen molar-refractivity contribution in [2.45, 2.75) is 64.5 Å². The molecule has 1 aliphatic carbocycles. The molecule has 2 rings (SSSR count). The van der Waals surface area contributed by atoms with Crippen LogP contribution in [-0.2, 0) is 14.6 Å². The second-order valence-corrected chi connectivity index (χ2v) is 10.0. The molecule has 2 fully saturated rings. The Hall–Kier alpha value is -0.580. The number of rotatable bonds is 4. The summed E-state index contributed by atoms with van der Waals surface area (Å²) in [6.45, 7) is 7.26. The van der Waals surface area contributed by atoms with Crippen molar-refractivity contribution in [3.63, 3.8) is 0 Å². The minimum atomic E-state index is -3.33. The fraction of sp³-hybridized carbons (Fsp3) is 0.941. The first-order valence-electron chi connectivity index (χ1n) is 8.80. The van der Waals surface area contributed by atoms with Gasteiger partial charge in [-0.2, -0.15) is 0 Å². The molecule has 0 aromatic rings. The van der Waals surface area contributed by atoms with Crippen LogP contribution in [0.15, 0.2) is 0 Å². The quantitative estimate of drug-likeness (QED) is 0.797. The zero-order valence-electron chi connectivity index (χ0n) is 14.3. The van der Waals surface area contributed by atoms with Gasteiger partial charge in [-0.05, 0) is 43.9 Å². The first-order chi connectivity index (χ1) is 10.3. The number of nitrogens with zero attached hydrogens (tertiary/aromatic N) is 1. The van der Waals surface area contributed by atoms with Crippen LogP contribution >= 0.6 is 0 Å². The van der Waals surface area contributed by atoms with Gasteiger partial charge in [-0.15, -0.1) is 0 Å². The molecular weight excluding hydrogens is 298 g/mol. The lowest BCUT2D eigenvalue weighted by atomic mass is 9.91. The van der Waals surface area contributed by atoms with Crippen molar-refractivity contribution < 1.29 is 13.2 Å². The number of hydrogen-bond acceptors (Lipinski definition) is 3. The van der Waals surface area contributed by atoms with Crippen LogP contribution in [0.1, 0.15) is 59.3 Å². The smallest absolute Gasteiger partial charge is 0.240 e. The van der Waals surface area contributed by atoms with E-state index in [4.69, 9.17) is 0 Å². The van der Waals surface area contributed by atoms with Crippen molar-refractivity contribution in [3.8, 4) is 0 Å². The third-order valence-corrected chi connectivity index (χ3v) is 7.47. The lowest BCUT2D eigenvalue weighted by Gasteiger charge is -2.36. The van der Waals surface area contributed by atoms with E-state index in [1.807, 2.05) is 0 Å². The second-order valence-electron chi connectivity index (χ2n) is 7.67. The molecule has 0 aromatic heterocycles. The Morgan fingerprint density at radius 3 is 2.18 bits per heavy atom. The molecule has 0 radical (unpaired) electrons. The van der Waals surface area contributed by atoms with Crippen LogP contribution in [0.2, 0.25) is 0 Å². The zero-order valence-corrected chi connectivity index (χ0v) is 15.1. The Labute approximate surface area is 135 Å². The molecule has 128 valence electrons. The van der Waals surface area contributed by atoms with Crippen molar-refractivity contribution in [1.29, 1.82) is 0 Å².